The van der Waals surface area contributed by atoms with Gasteiger partial charge in [-0.05, 0) is 59.9 Å². The summed E-state index contributed by atoms with van der Waals surface area (Å²) in [6.45, 7) is 12.3. The predicted octanol–water partition coefficient (Wildman–Crippen LogP) is 6.78. The van der Waals surface area contributed by atoms with Gasteiger partial charge < -0.3 is 16.3 Å². The van der Waals surface area contributed by atoms with Crippen molar-refractivity contribution in [2.24, 2.45) is 5.41 Å². The van der Waals surface area contributed by atoms with E-state index < -0.39 is 0 Å². The van der Waals surface area contributed by atoms with Gasteiger partial charge in [-0.2, -0.15) is 0 Å². The Morgan fingerprint density at radius 2 is 1.65 bits per heavy atom. The van der Waals surface area contributed by atoms with E-state index in [1.807, 2.05) is 0 Å². The fourth-order valence-electron chi connectivity index (χ4n) is 3.43. The van der Waals surface area contributed by atoms with Gasteiger partial charge in [-0.3, -0.25) is 6.26 Å². The van der Waals surface area contributed by atoms with Gasteiger partial charge in [0.05, 0.1) is 0 Å². The Hall–Kier alpha value is -0.566. The minimum absolute atomic E-state index is 0. The third-order valence-electron chi connectivity index (χ3n) is 4.75. The van der Waals surface area contributed by atoms with E-state index in [0.717, 1.165) is 13.0 Å². The van der Waals surface area contributed by atoms with E-state index in [0.29, 0.717) is 0 Å². The van der Waals surface area contributed by atoms with Crippen LogP contribution in [-0.4, -0.2) is 4.57 Å². The third-order valence-corrected chi connectivity index (χ3v) is 5.33. The molecular formula is C23H28NSY-. The van der Waals surface area contributed by atoms with Crippen LogP contribution >= 0.6 is 11.8 Å². The van der Waals surface area contributed by atoms with Crippen LogP contribution in [0.3, 0.4) is 0 Å². The Kier molecular flexibility index (Phi) is 7.21. The zero-order valence-corrected chi connectivity index (χ0v) is 20.3. The number of aromatic nitrogens is 1. The maximum Gasteiger partial charge on any atom is 0.0489 e. The first-order valence-corrected chi connectivity index (χ1v) is 9.86. The summed E-state index contributed by atoms with van der Waals surface area (Å²) in [7, 11) is 0. The molecular weight excluding hydrogens is 411 g/mol. The molecule has 0 bridgehead atoms. The number of fused-ring (bicyclic) bond motifs is 1. The van der Waals surface area contributed by atoms with E-state index in [2.05, 4.69) is 87.9 Å². The molecule has 135 valence electrons. The number of hydrogen-bond donors (Lipinski definition) is 0. The smallest absolute Gasteiger partial charge is 0.0489 e. The number of nitrogens with zero attached hydrogens (tertiary/aromatic N) is 1. The number of aryl methyl sites for hydroxylation is 2. The third kappa shape index (κ3) is 4.83. The zero-order valence-electron chi connectivity index (χ0n) is 16.6. The maximum atomic E-state index is 3.97. The van der Waals surface area contributed by atoms with Gasteiger partial charge in [-0.25, -0.2) is 0 Å². The molecule has 2 aromatic carbocycles. The first kappa shape index (κ1) is 21.7. The van der Waals surface area contributed by atoms with Crippen LogP contribution in [0.2, 0.25) is 0 Å². The van der Waals surface area contributed by atoms with Crippen molar-refractivity contribution in [2.75, 3.05) is 0 Å². The Morgan fingerprint density at radius 3 is 2.23 bits per heavy atom. The van der Waals surface area contributed by atoms with E-state index in [4.69, 9.17) is 0 Å². The molecule has 26 heavy (non-hydrogen) atoms. The first-order valence-electron chi connectivity index (χ1n) is 8.88. The zero-order chi connectivity index (χ0) is 18.2. The predicted molar refractivity (Wildman–Crippen MR) is 111 cm³/mol. The molecule has 3 aromatic rings. The standard InChI is InChI=1S/C23H28NS.Y/c1-16-7-9-18(10-8-16)15-24-21-12-11-19(25-6)13-20(21)17(2)22(24)14-23(3,4)5;/h7-13H,6,14-15H2,1-5H3;/q-1;. The number of hydrogen-bond acceptors (Lipinski definition) is 1. The normalized spacial score (nSPS) is 11.6. The van der Waals surface area contributed by atoms with Crippen LogP contribution in [0.15, 0.2) is 47.4 Å². The van der Waals surface area contributed by atoms with E-state index in [-0.39, 0.29) is 38.1 Å². The fraction of sp³-hybridized carbons (Fsp3) is 0.348. The van der Waals surface area contributed by atoms with Crippen molar-refractivity contribution in [3.63, 3.8) is 0 Å². The molecule has 0 fully saturated rings. The summed E-state index contributed by atoms with van der Waals surface area (Å²) in [6, 6.07) is 15.6. The van der Waals surface area contributed by atoms with Gasteiger partial charge in [0.25, 0.3) is 0 Å². The van der Waals surface area contributed by atoms with Crippen LogP contribution in [0.4, 0.5) is 0 Å². The van der Waals surface area contributed by atoms with Gasteiger partial charge in [0, 0.05) is 55.9 Å². The van der Waals surface area contributed by atoms with Crippen molar-refractivity contribution in [2.45, 2.75) is 52.5 Å². The molecule has 0 aliphatic heterocycles. The van der Waals surface area contributed by atoms with Crippen molar-refractivity contribution < 1.29 is 32.7 Å². The molecule has 0 aliphatic rings. The largest absolute Gasteiger partial charge is 0.340 e. The topological polar surface area (TPSA) is 4.93 Å². The molecule has 0 unspecified atom stereocenters. The van der Waals surface area contributed by atoms with E-state index in [1.165, 1.54) is 38.2 Å². The molecule has 0 atom stereocenters. The van der Waals surface area contributed by atoms with Crippen LogP contribution in [0.25, 0.3) is 10.9 Å². The van der Waals surface area contributed by atoms with Crippen molar-refractivity contribution >= 4 is 22.7 Å². The molecule has 1 aromatic heterocycles. The van der Waals surface area contributed by atoms with E-state index >= 15 is 0 Å². The van der Waals surface area contributed by atoms with Crippen molar-refractivity contribution in [3.05, 3.63) is 71.1 Å². The maximum absolute atomic E-state index is 3.97. The molecule has 1 radical (unpaired) electrons. The van der Waals surface area contributed by atoms with Crippen LogP contribution in [-0.2, 0) is 45.7 Å². The second-order valence-corrected chi connectivity index (χ2v) is 8.96. The van der Waals surface area contributed by atoms with E-state index in [1.54, 1.807) is 11.8 Å². The van der Waals surface area contributed by atoms with Gasteiger partial charge >= 0.3 is 0 Å². The summed E-state index contributed by atoms with van der Waals surface area (Å²) in [5.41, 5.74) is 7.11. The van der Waals surface area contributed by atoms with Gasteiger partial charge in [-0.15, -0.1) is 0 Å². The van der Waals surface area contributed by atoms with Gasteiger partial charge in [0.1, 0.15) is 0 Å². The fourth-order valence-corrected chi connectivity index (χ4v) is 3.80. The Labute approximate surface area is 187 Å². The number of rotatable bonds is 4. The van der Waals surface area contributed by atoms with Crippen LogP contribution in [0, 0.1) is 25.5 Å². The van der Waals surface area contributed by atoms with Gasteiger partial charge in [0.2, 0.25) is 0 Å². The SMILES string of the molecule is [CH2-]Sc1ccc2c(c1)c(C)c(CC(C)(C)C)n2Cc1ccc(C)cc1.[Y]. The molecule has 3 heteroatoms. The second-order valence-electron chi connectivity index (χ2n) is 8.20. The Bertz CT molecular complexity index is 885. The van der Waals surface area contributed by atoms with Crippen molar-refractivity contribution in [1.29, 1.82) is 0 Å². The molecule has 0 amide bonds. The monoisotopic (exact) mass is 439 g/mol. The van der Waals surface area contributed by atoms with Crippen LogP contribution < -0.4 is 0 Å². The summed E-state index contributed by atoms with van der Waals surface area (Å²) in [6.07, 6.45) is 5.04. The van der Waals surface area contributed by atoms with Crippen molar-refractivity contribution in [3.8, 4) is 0 Å². The summed E-state index contributed by atoms with van der Waals surface area (Å²) in [5.74, 6) is 0. The quantitative estimate of drug-likeness (QED) is 0.321. The minimum atomic E-state index is 0. The summed E-state index contributed by atoms with van der Waals surface area (Å²) >= 11 is 1.57. The Morgan fingerprint density at radius 1 is 1.00 bits per heavy atom. The number of benzene rings is 2. The minimum Gasteiger partial charge on any atom is -0.340 e. The molecule has 0 saturated carbocycles. The van der Waals surface area contributed by atoms with Gasteiger partial charge in [-0.1, -0.05) is 50.6 Å². The average molecular weight is 439 g/mol. The van der Waals surface area contributed by atoms with Crippen LogP contribution in [0.1, 0.15) is 43.2 Å². The van der Waals surface area contributed by atoms with E-state index in [9.17, 15) is 0 Å². The van der Waals surface area contributed by atoms with Gasteiger partial charge in [0.15, 0.2) is 0 Å². The van der Waals surface area contributed by atoms with Crippen LogP contribution in [0.5, 0.6) is 0 Å². The molecule has 0 N–H and O–H groups in total. The summed E-state index contributed by atoms with van der Waals surface area (Å²) in [5, 5.41) is 1.36. The molecule has 0 saturated heterocycles. The molecule has 0 spiro atoms. The van der Waals surface area contributed by atoms with Crippen molar-refractivity contribution in [1.82, 2.24) is 4.57 Å². The molecule has 1 heterocycles. The molecule has 0 aliphatic carbocycles. The summed E-state index contributed by atoms with van der Waals surface area (Å²) < 4.78 is 2.51. The molecule has 1 nitrogen and oxygen atoms in total. The average Bonchev–Trinajstić information content (AvgIpc) is 2.80. The Balaban J connectivity index is 0.00000243. The second kappa shape index (κ2) is 8.63. The first-order chi connectivity index (χ1) is 11.8. The summed E-state index contributed by atoms with van der Waals surface area (Å²) in [4.78, 5) is 1.23. The number of thioether (sulfide) groups is 1. The molecule has 3 rings (SSSR count).